The second-order valence-corrected chi connectivity index (χ2v) is 4.51. The lowest BCUT2D eigenvalue weighted by Gasteiger charge is -2.17. The van der Waals surface area contributed by atoms with Gasteiger partial charge < -0.3 is 15.7 Å². The van der Waals surface area contributed by atoms with Gasteiger partial charge in [0, 0.05) is 30.8 Å². The van der Waals surface area contributed by atoms with Crippen LogP contribution in [0.5, 0.6) is 0 Å². The number of anilines is 1. The molecule has 0 spiro atoms. The summed E-state index contributed by atoms with van der Waals surface area (Å²) >= 11 is 0. The molecule has 0 aromatic carbocycles. The maximum Gasteiger partial charge on any atom is 0.254 e. The molecule has 1 aliphatic rings. The van der Waals surface area contributed by atoms with Crippen molar-refractivity contribution < 1.29 is 9.90 Å². The Morgan fingerprint density at radius 1 is 1.71 bits per heavy atom. The maximum atomic E-state index is 12.1. The molecule has 1 amide bonds. The van der Waals surface area contributed by atoms with Crippen molar-refractivity contribution in [1.82, 2.24) is 9.88 Å². The molecule has 0 aliphatic carbocycles. The summed E-state index contributed by atoms with van der Waals surface area (Å²) in [6.45, 7) is 3.07. The van der Waals surface area contributed by atoms with Crippen LogP contribution in [0.1, 0.15) is 23.7 Å². The van der Waals surface area contributed by atoms with Gasteiger partial charge in [-0.05, 0) is 25.5 Å². The minimum Gasteiger partial charge on any atom is -0.393 e. The molecule has 2 rings (SSSR count). The van der Waals surface area contributed by atoms with Crippen LogP contribution in [0.15, 0.2) is 18.3 Å². The summed E-state index contributed by atoms with van der Waals surface area (Å²) < 4.78 is 0. The van der Waals surface area contributed by atoms with Crippen LogP contribution in [0.4, 0.5) is 5.82 Å². The van der Waals surface area contributed by atoms with Gasteiger partial charge in [-0.15, -0.1) is 0 Å². The molecule has 2 atom stereocenters. The molecule has 3 N–H and O–H groups in total. The number of aliphatic hydroxyl groups is 1. The van der Waals surface area contributed by atoms with E-state index < -0.39 is 0 Å². The van der Waals surface area contributed by atoms with E-state index in [0.29, 0.717) is 24.5 Å². The van der Waals surface area contributed by atoms with Gasteiger partial charge in [0.25, 0.3) is 5.91 Å². The van der Waals surface area contributed by atoms with E-state index in [9.17, 15) is 9.90 Å². The van der Waals surface area contributed by atoms with Crippen LogP contribution in [-0.4, -0.2) is 40.1 Å². The molecule has 5 nitrogen and oxygen atoms in total. The van der Waals surface area contributed by atoms with Gasteiger partial charge in [0.05, 0.1) is 6.10 Å². The molecule has 2 unspecified atom stereocenters. The first-order chi connectivity index (χ1) is 8.08. The Morgan fingerprint density at radius 2 is 2.47 bits per heavy atom. The third-order valence-electron chi connectivity index (χ3n) is 3.22. The van der Waals surface area contributed by atoms with Gasteiger partial charge in [-0.3, -0.25) is 4.79 Å². The van der Waals surface area contributed by atoms with Crippen LogP contribution in [0.3, 0.4) is 0 Å². The summed E-state index contributed by atoms with van der Waals surface area (Å²) in [4.78, 5) is 17.7. The van der Waals surface area contributed by atoms with Gasteiger partial charge in [-0.2, -0.15) is 0 Å². The van der Waals surface area contributed by atoms with E-state index >= 15 is 0 Å². The van der Waals surface area contributed by atoms with E-state index in [1.807, 2.05) is 0 Å². The Kier molecular flexibility index (Phi) is 3.28. The number of nitrogens with two attached hydrogens (primary N) is 1. The fourth-order valence-corrected chi connectivity index (χ4v) is 2.13. The normalized spacial score (nSPS) is 21.5. The zero-order chi connectivity index (χ0) is 12.4. The largest absolute Gasteiger partial charge is 0.393 e. The van der Waals surface area contributed by atoms with Gasteiger partial charge in [0.15, 0.2) is 0 Å². The maximum absolute atomic E-state index is 12.1. The van der Waals surface area contributed by atoms with Crippen LogP contribution >= 0.6 is 0 Å². The van der Waals surface area contributed by atoms with Crippen molar-refractivity contribution in [2.45, 2.75) is 19.4 Å². The monoisotopic (exact) mass is 235 g/mol. The minimum absolute atomic E-state index is 0.0396. The van der Waals surface area contributed by atoms with Crippen LogP contribution in [0, 0.1) is 5.92 Å². The highest BCUT2D eigenvalue weighted by Crippen LogP contribution is 2.21. The number of amides is 1. The first kappa shape index (κ1) is 11.9. The van der Waals surface area contributed by atoms with Crippen LogP contribution < -0.4 is 5.73 Å². The highest BCUT2D eigenvalue weighted by Gasteiger charge is 2.29. The number of nitrogen functional groups attached to an aromatic ring is 1. The number of hydrogen-bond acceptors (Lipinski definition) is 4. The number of aliphatic hydroxyl groups excluding tert-OH is 1. The lowest BCUT2D eigenvalue weighted by Crippen LogP contribution is -2.30. The molecule has 1 saturated heterocycles. The molecule has 1 aliphatic heterocycles. The van der Waals surface area contributed by atoms with Crippen molar-refractivity contribution in [2.24, 2.45) is 5.92 Å². The molecule has 17 heavy (non-hydrogen) atoms. The summed E-state index contributed by atoms with van der Waals surface area (Å²) in [7, 11) is 0. The van der Waals surface area contributed by atoms with Crippen molar-refractivity contribution in [3.63, 3.8) is 0 Å². The number of rotatable bonds is 2. The standard InChI is InChI=1S/C12H17N3O2/c1-8(16)10-3-5-15(7-10)12(17)9-2-4-14-11(13)6-9/h2,4,6,8,10,16H,3,5,7H2,1H3,(H2,13,14). The number of aromatic nitrogens is 1. The molecule has 1 aromatic heterocycles. The number of carbonyl (C=O) groups excluding carboxylic acids is 1. The molecule has 0 saturated carbocycles. The Bertz CT molecular complexity index is 420. The van der Waals surface area contributed by atoms with E-state index in [1.165, 1.54) is 6.20 Å². The average Bonchev–Trinajstić information content (AvgIpc) is 2.77. The third-order valence-corrected chi connectivity index (χ3v) is 3.22. The highest BCUT2D eigenvalue weighted by molar-refractivity contribution is 5.94. The van der Waals surface area contributed by atoms with Crippen molar-refractivity contribution in [3.05, 3.63) is 23.9 Å². The Balaban J connectivity index is 2.07. The van der Waals surface area contributed by atoms with Crippen molar-refractivity contribution in [3.8, 4) is 0 Å². The van der Waals surface area contributed by atoms with Crippen LogP contribution in [0.25, 0.3) is 0 Å². The van der Waals surface area contributed by atoms with E-state index in [-0.39, 0.29) is 17.9 Å². The molecular formula is C12H17N3O2. The summed E-state index contributed by atoms with van der Waals surface area (Å²) in [6.07, 6.45) is 2.02. The molecular weight excluding hydrogens is 218 g/mol. The lowest BCUT2D eigenvalue weighted by atomic mass is 10.0. The molecule has 5 heteroatoms. The van der Waals surface area contributed by atoms with E-state index in [4.69, 9.17) is 5.73 Å². The van der Waals surface area contributed by atoms with E-state index in [2.05, 4.69) is 4.98 Å². The van der Waals surface area contributed by atoms with E-state index in [1.54, 1.807) is 24.0 Å². The van der Waals surface area contributed by atoms with Crippen molar-refractivity contribution >= 4 is 11.7 Å². The fraction of sp³-hybridized carbons (Fsp3) is 0.500. The minimum atomic E-state index is -0.365. The molecule has 1 fully saturated rings. The zero-order valence-corrected chi connectivity index (χ0v) is 9.84. The second kappa shape index (κ2) is 4.71. The molecule has 0 bridgehead atoms. The third kappa shape index (κ3) is 2.55. The average molecular weight is 235 g/mol. The van der Waals surface area contributed by atoms with Crippen molar-refractivity contribution in [2.75, 3.05) is 18.8 Å². The highest BCUT2D eigenvalue weighted by atomic mass is 16.3. The molecule has 1 aromatic rings. The van der Waals surface area contributed by atoms with Gasteiger partial charge >= 0.3 is 0 Å². The topological polar surface area (TPSA) is 79.5 Å². The van der Waals surface area contributed by atoms with Crippen molar-refractivity contribution in [1.29, 1.82) is 0 Å². The molecule has 92 valence electrons. The number of likely N-dealkylation sites (tertiary alicyclic amines) is 1. The van der Waals surface area contributed by atoms with E-state index in [0.717, 1.165) is 6.42 Å². The zero-order valence-electron chi connectivity index (χ0n) is 9.84. The number of nitrogens with zero attached hydrogens (tertiary/aromatic N) is 2. The van der Waals surface area contributed by atoms with Gasteiger partial charge in [-0.1, -0.05) is 0 Å². The Hall–Kier alpha value is -1.62. The van der Waals surface area contributed by atoms with Gasteiger partial charge in [-0.25, -0.2) is 4.98 Å². The Morgan fingerprint density at radius 3 is 3.06 bits per heavy atom. The first-order valence-electron chi connectivity index (χ1n) is 5.77. The number of carbonyl (C=O) groups is 1. The summed E-state index contributed by atoms with van der Waals surface area (Å²) in [5.41, 5.74) is 6.11. The summed E-state index contributed by atoms with van der Waals surface area (Å²) in [6, 6.07) is 3.24. The predicted octanol–water partition coefficient (Wildman–Crippen LogP) is 0.507. The smallest absolute Gasteiger partial charge is 0.254 e. The quantitative estimate of drug-likeness (QED) is 0.782. The summed E-state index contributed by atoms with van der Waals surface area (Å²) in [5, 5.41) is 9.50. The first-order valence-corrected chi connectivity index (χ1v) is 5.77. The van der Waals surface area contributed by atoms with Gasteiger partial charge in [0.2, 0.25) is 0 Å². The second-order valence-electron chi connectivity index (χ2n) is 4.51. The van der Waals surface area contributed by atoms with Gasteiger partial charge in [0.1, 0.15) is 5.82 Å². The SMILES string of the molecule is CC(O)C1CCN(C(=O)c2ccnc(N)c2)C1. The molecule has 2 heterocycles. The lowest BCUT2D eigenvalue weighted by molar-refractivity contribution is 0.0762. The number of pyridine rings is 1. The fourth-order valence-electron chi connectivity index (χ4n) is 2.13. The predicted molar refractivity (Wildman–Crippen MR) is 64.3 cm³/mol. The van der Waals surface area contributed by atoms with Crippen LogP contribution in [-0.2, 0) is 0 Å². The number of hydrogen-bond donors (Lipinski definition) is 2. The summed E-state index contributed by atoms with van der Waals surface area (Å²) in [5.74, 6) is 0.488. The van der Waals surface area contributed by atoms with Crippen LogP contribution in [0.2, 0.25) is 0 Å². The Labute approximate surface area is 100 Å². The molecule has 0 radical (unpaired) electrons.